The number of pyridine rings is 1. The average molecular weight is 556 g/mol. The van der Waals surface area contributed by atoms with Crippen molar-refractivity contribution in [2.45, 2.75) is 59.1 Å². The van der Waals surface area contributed by atoms with E-state index in [1.807, 2.05) is 45.2 Å². The van der Waals surface area contributed by atoms with Crippen molar-refractivity contribution in [1.29, 1.82) is 0 Å². The van der Waals surface area contributed by atoms with E-state index in [1.54, 1.807) is 18.1 Å². The van der Waals surface area contributed by atoms with Crippen LogP contribution in [-0.4, -0.2) is 57.8 Å². The van der Waals surface area contributed by atoms with Crippen LogP contribution in [0.5, 0.6) is 5.75 Å². The first kappa shape index (κ1) is 28.1. The van der Waals surface area contributed by atoms with Gasteiger partial charge < -0.3 is 24.7 Å². The van der Waals surface area contributed by atoms with E-state index in [0.29, 0.717) is 42.0 Å². The summed E-state index contributed by atoms with van der Waals surface area (Å²) >= 11 is 0. The summed E-state index contributed by atoms with van der Waals surface area (Å²) < 4.78 is 11.1. The number of rotatable bonds is 6. The lowest BCUT2D eigenvalue weighted by Crippen LogP contribution is -2.36. The van der Waals surface area contributed by atoms with Gasteiger partial charge in [0.25, 0.3) is 5.56 Å². The average Bonchev–Trinajstić information content (AvgIpc) is 3.36. The number of carbonyl (C=O) groups excluding carboxylic acids is 1. The monoisotopic (exact) mass is 555 g/mol. The van der Waals surface area contributed by atoms with Gasteiger partial charge in [0.2, 0.25) is 0 Å². The zero-order chi connectivity index (χ0) is 29.3. The zero-order valence-corrected chi connectivity index (χ0v) is 24.5. The van der Waals surface area contributed by atoms with Crippen molar-refractivity contribution < 1.29 is 14.3 Å². The van der Waals surface area contributed by atoms with Gasteiger partial charge in [-0.1, -0.05) is 23.3 Å². The topological polar surface area (TPSA) is 109 Å². The SMILES string of the molecule is COc1cc2c(=O)[nH]c(Cc3ccc(-c4cc(C)cc(C)c4)nc3)nc2cc1N[C@@H]1CCN(C(=O)OC(C)(C)C)C1. The fourth-order valence-electron chi connectivity index (χ4n) is 5.19. The van der Waals surface area contributed by atoms with Gasteiger partial charge >= 0.3 is 6.09 Å². The molecule has 214 valence electrons. The van der Waals surface area contributed by atoms with Crippen LogP contribution < -0.4 is 15.6 Å². The van der Waals surface area contributed by atoms with E-state index in [9.17, 15) is 9.59 Å². The number of benzene rings is 2. The molecular formula is C32H37N5O4. The van der Waals surface area contributed by atoms with Gasteiger partial charge in [0.1, 0.15) is 17.2 Å². The van der Waals surface area contributed by atoms with E-state index in [0.717, 1.165) is 28.9 Å². The van der Waals surface area contributed by atoms with Gasteiger partial charge in [-0.3, -0.25) is 9.78 Å². The molecule has 1 saturated heterocycles. The van der Waals surface area contributed by atoms with Gasteiger partial charge in [-0.25, -0.2) is 9.78 Å². The smallest absolute Gasteiger partial charge is 0.410 e. The van der Waals surface area contributed by atoms with E-state index in [-0.39, 0.29) is 17.7 Å². The Hall–Kier alpha value is -4.40. The largest absolute Gasteiger partial charge is 0.495 e. The van der Waals surface area contributed by atoms with E-state index < -0.39 is 5.60 Å². The second-order valence-corrected chi connectivity index (χ2v) is 11.7. The Balaban J connectivity index is 1.34. The van der Waals surface area contributed by atoms with Crippen molar-refractivity contribution in [2.24, 2.45) is 0 Å². The third kappa shape index (κ3) is 6.67. The lowest BCUT2D eigenvalue weighted by atomic mass is 10.0. The highest BCUT2D eigenvalue weighted by atomic mass is 16.6. The molecule has 1 amide bonds. The fraction of sp³-hybridized carbons (Fsp3) is 0.375. The van der Waals surface area contributed by atoms with Crippen molar-refractivity contribution in [3.8, 4) is 17.0 Å². The maximum Gasteiger partial charge on any atom is 0.410 e. The van der Waals surface area contributed by atoms with Crippen LogP contribution in [0.1, 0.15) is 49.7 Å². The number of nitrogens with zero attached hydrogens (tertiary/aromatic N) is 3. The van der Waals surface area contributed by atoms with Crippen molar-refractivity contribution in [3.05, 3.63) is 81.5 Å². The minimum atomic E-state index is -0.543. The van der Waals surface area contributed by atoms with Crippen LogP contribution >= 0.6 is 0 Å². The van der Waals surface area contributed by atoms with E-state index in [2.05, 4.69) is 47.3 Å². The Kier molecular flexibility index (Phi) is 7.71. The number of hydrogen-bond acceptors (Lipinski definition) is 7. The van der Waals surface area contributed by atoms with E-state index in [4.69, 9.17) is 14.5 Å². The molecule has 1 aliphatic rings. The molecule has 0 aliphatic carbocycles. The molecule has 1 atom stereocenters. The van der Waals surface area contributed by atoms with Crippen molar-refractivity contribution in [1.82, 2.24) is 19.9 Å². The van der Waals surface area contributed by atoms with Crippen LogP contribution in [0.3, 0.4) is 0 Å². The minimum Gasteiger partial charge on any atom is -0.495 e. The van der Waals surface area contributed by atoms with Crippen LogP contribution in [0.15, 0.2) is 53.5 Å². The standard InChI is InChI=1S/C32H37N5O4/c1-19-11-20(2)13-22(12-19)25-8-7-21(17-33-25)14-29-35-26-16-27(28(40-6)15-24(26)30(38)36-29)34-23-9-10-37(18-23)31(39)41-32(3,4)5/h7-8,11-13,15-17,23,34H,9-10,14,18H2,1-6H3,(H,35,36,38)/t23-/m1/s1. The van der Waals surface area contributed by atoms with Gasteiger partial charge in [-0.2, -0.15) is 0 Å². The predicted molar refractivity (Wildman–Crippen MR) is 161 cm³/mol. The molecule has 3 heterocycles. The number of aryl methyl sites for hydroxylation is 2. The second kappa shape index (κ2) is 11.2. The summed E-state index contributed by atoms with van der Waals surface area (Å²) in [5, 5.41) is 3.93. The minimum absolute atomic E-state index is 0.0112. The number of carbonyl (C=O) groups is 1. The number of anilines is 1. The number of H-pyrrole nitrogens is 1. The highest BCUT2D eigenvalue weighted by Gasteiger charge is 2.30. The summed E-state index contributed by atoms with van der Waals surface area (Å²) in [5.41, 5.74) is 5.84. The lowest BCUT2D eigenvalue weighted by Gasteiger charge is -2.24. The Bertz CT molecular complexity index is 1620. The molecule has 1 aliphatic heterocycles. The normalized spacial score (nSPS) is 15.3. The molecule has 0 spiro atoms. The molecular weight excluding hydrogens is 518 g/mol. The quantitative estimate of drug-likeness (QED) is 0.318. The molecule has 0 bridgehead atoms. The van der Waals surface area contributed by atoms with E-state index in [1.165, 1.54) is 11.1 Å². The Morgan fingerprint density at radius 3 is 2.54 bits per heavy atom. The molecule has 0 unspecified atom stereocenters. The number of aromatic amines is 1. The summed E-state index contributed by atoms with van der Waals surface area (Å²) in [5.74, 6) is 1.09. The molecule has 4 aromatic rings. The fourth-order valence-corrected chi connectivity index (χ4v) is 5.19. The van der Waals surface area contributed by atoms with Crippen LogP contribution in [0, 0.1) is 13.8 Å². The first-order chi connectivity index (χ1) is 19.5. The first-order valence-electron chi connectivity index (χ1n) is 13.9. The molecule has 0 radical (unpaired) electrons. The number of fused-ring (bicyclic) bond motifs is 1. The van der Waals surface area contributed by atoms with Gasteiger partial charge in [-0.15, -0.1) is 0 Å². The maximum absolute atomic E-state index is 13.0. The highest BCUT2D eigenvalue weighted by Crippen LogP contribution is 2.30. The summed E-state index contributed by atoms with van der Waals surface area (Å²) in [6.45, 7) is 10.8. The third-order valence-corrected chi connectivity index (χ3v) is 6.99. The van der Waals surface area contributed by atoms with Crippen LogP contribution in [0.4, 0.5) is 10.5 Å². The Morgan fingerprint density at radius 2 is 1.88 bits per heavy atom. The summed E-state index contributed by atoms with van der Waals surface area (Å²) in [4.78, 5) is 39.5. The summed E-state index contributed by atoms with van der Waals surface area (Å²) in [7, 11) is 1.57. The third-order valence-electron chi connectivity index (χ3n) is 6.99. The number of aromatic nitrogens is 3. The Morgan fingerprint density at radius 1 is 1.12 bits per heavy atom. The summed E-state index contributed by atoms with van der Waals surface area (Å²) in [6, 6.07) is 14.0. The number of amides is 1. The van der Waals surface area contributed by atoms with E-state index >= 15 is 0 Å². The van der Waals surface area contributed by atoms with Crippen LogP contribution in [-0.2, 0) is 11.2 Å². The van der Waals surface area contributed by atoms with Gasteiger partial charge in [0.15, 0.2) is 0 Å². The number of ether oxygens (including phenoxy) is 2. The zero-order valence-electron chi connectivity index (χ0n) is 24.5. The molecule has 0 saturated carbocycles. The van der Waals surface area contributed by atoms with Crippen molar-refractivity contribution >= 4 is 22.7 Å². The second-order valence-electron chi connectivity index (χ2n) is 11.7. The number of hydrogen-bond donors (Lipinski definition) is 2. The van der Waals surface area contributed by atoms with Crippen molar-refractivity contribution in [3.63, 3.8) is 0 Å². The molecule has 2 N–H and O–H groups in total. The number of methoxy groups -OCH3 is 1. The van der Waals surface area contributed by atoms with Crippen LogP contribution in [0.25, 0.3) is 22.2 Å². The number of likely N-dealkylation sites (tertiary alicyclic amines) is 1. The van der Waals surface area contributed by atoms with Crippen molar-refractivity contribution in [2.75, 3.05) is 25.5 Å². The molecule has 41 heavy (non-hydrogen) atoms. The van der Waals surface area contributed by atoms with Gasteiger partial charge in [0, 0.05) is 37.3 Å². The van der Waals surface area contributed by atoms with Gasteiger partial charge in [0.05, 0.1) is 29.4 Å². The van der Waals surface area contributed by atoms with Crippen LogP contribution in [0.2, 0.25) is 0 Å². The molecule has 5 rings (SSSR count). The number of nitrogens with one attached hydrogen (secondary N) is 2. The first-order valence-corrected chi connectivity index (χ1v) is 13.9. The summed E-state index contributed by atoms with van der Waals surface area (Å²) in [6.07, 6.45) is 2.71. The Labute approximate surface area is 239 Å². The van der Waals surface area contributed by atoms with Gasteiger partial charge in [-0.05, 0) is 76.9 Å². The lowest BCUT2D eigenvalue weighted by molar-refractivity contribution is 0.0293. The predicted octanol–water partition coefficient (Wildman–Crippen LogP) is 5.62. The maximum atomic E-state index is 13.0. The highest BCUT2D eigenvalue weighted by molar-refractivity contribution is 5.85. The molecule has 1 fully saturated rings. The molecule has 2 aromatic heterocycles. The molecule has 9 nitrogen and oxygen atoms in total. The molecule has 9 heteroatoms. The molecule has 2 aromatic carbocycles.